The van der Waals surface area contributed by atoms with Gasteiger partial charge >= 0.3 is 0 Å². The Morgan fingerprint density at radius 2 is 2.24 bits per heavy atom. The third-order valence-corrected chi connectivity index (χ3v) is 5.14. The first-order valence-electron chi connectivity index (χ1n) is 7.54. The smallest absolute Gasteiger partial charge is 0.241 e. The van der Waals surface area contributed by atoms with Crippen molar-refractivity contribution in [2.24, 2.45) is 5.92 Å². The van der Waals surface area contributed by atoms with Gasteiger partial charge in [0, 0.05) is 23.7 Å². The number of aliphatic hydroxyl groups is 1. The number of carbonyl (C=O) groups excluding carboxylic acids is 1. The van der Waals surface area contributed by atoms with Crippen LogP contribution in [0.4, 0.5) is 5.69 Å². The molecule has 1 aliphatic heterocycles. The van der Waals surface area contributed by atoms with E-state index in [1.165, 1.54) is 4.90 Å². The minimum absolute atomic E-state index is 0.119. The Labute approximate surface area is 130 Å². The van der Waals surface area contributed by atoms with E-state index in [4.69, 9.17) is 0 Å². The number of rotatable bonds is 5. The molecule has 3 rings (SSSR count). The monoisotopic (exact) mass is 306 g/mol. The summed E-state index contributed by atoms with van der Waals surface area (Å²) in [5.41, 5.74) is 1.02. The largest absolute Gasteiger partial charge is 0.392 e. The lowest BCUT2D eigenvalue weighted by molar-refractivity contribution is -0.119. The van der Waals surface area contributed by atoms with Crippen molar-refractivity contribution in [1.82, 2.24) is 4.90 Å². The summed E-state index contributed by atoms with van der Waals surface area (Å²) >= 11 is 1.80. The topological polar surface area (TPSA) is 43.8 Å². The number of para-hydroxylation sites is 1. The molecule has 0 aromatic heterocycles. The number of likely N-dealkylation sites (N-methyl/N-ethyl adjacent to an activating group) is 1. The first-order valence-corrected chi connectivity index (χ1v) is 8.52. The van der Waals surface area contributed by atoms with Gasteiger partial charge in [-0.3, -0.25) is 9.69 Å². The number of thioether (sulfide) groups is 1. The van der Waals surface area contributed by atoms with Crippen molar-refractivity contribution in [3.05, 3.63) is 24.3 Å². The van der Waals surface area contributed by atoms with Crippen molar-refractivity contribution in [3.63, 3.8) is 0 Å². The van der Waals surface area contributed by atoms with Crippen LogP contribution in [-0.4, -0.2) is 54.5 Å². The van der Waals surface area contributed by atoms with Gasteiger partial charge in [0.25, 0.3) is 0 Å². The molecule has 0 bridgehead atoms. The number of anilines is 1. The summed E-state index contributed by atoms with van der Waals surface area (Å²) in [7, 11) is 1.91. The molecule has 5 heteroatoms. The predicted molar refractivity (Wildman–Crippen MR) is 85.7 cm³/mol. The van der Waals surface area contributed by atoms with E-state index in [0.29, 0.717) is 19.0 Å². The van der Waals surface area contributed by atoms with Crippen LogP contribution < -0.4 is 4.90 Å². The zero-order valence-electron chi connectivity index (χ0n) is 12.4. The predicted octanol–water partition coefficient (Wildman–Crippen LogP) is 1.83. The second kappa shape index (κ2) is 6.38. The molecule has 21 heavy (non-hydrogen) atoms. The molecule has 1 amide bonds. The van der Waals surface area contributed by atoms with Gasteiger partial charge in [-0.05, 0) is 37.9 Å². The van der Waals surface area contributed by atoms with Gasteiger partial charge in [0.05, 0.1) is 18.3 Å². The van der Waals surface area contributed by atoms with E-state index in [1.54, 1.807) is 11.8 Å². The first kappa shape index (κ1) is 14.9. The molecule has 1 atom stereocenters. The third kappa shape index (κ3) is 3.59. The van der Waals surface area contributed by atoms with Crippen LogP contribution in [0.2, 0.25) is 0 Å². The number of hydrogen-bond acceptors (Lipinski definition) is 4. The van der Waals surface area contributed by atoms with Crippen molar-refractivity contribution in [3.8, 4) is 0 Å². The van der Waals surface area contributed by atoms with Gasteiger partial charge in [0.2, 0.25) is 5.91 Å². The molecule has 1 aliphatic carbocycles. The van der Waals surface area contributed by atoms with Crippen LogP contribution in [0.1, 0.15) is 12.8 Å². The highest BCUT2D eigenvalue weighted by atomic mass is 32.2. The fourth-order valence-corrected chi connectivity index (χ4v) is 3.75. The summed E-state index contributed by atoms with van der Waals surface area (Å²) in [5.74, 6) is 1.51. The van der Waals surface area contributed by atoms with Crippen LogP contribution in [0, 0.1) is 5.92 Å². The average Bonchev–Trinajstić information content (AvgIpc) is 3.31. The number of hydrogen-bond donors (Lipinski definition) is 1. The Morgan fingerprint density at radius 3 is 3.00 bits per heavy atom. The number of fused-ring (bicyclic) bond motifs is 1. The Hall–Kier alpha value is -1.04. The van der Waals surface area contributed by atoms with Crippen LogP contribution in [-0.2, 0) is 4.79 Å². The quantitative estimate of drug-likeness (QED) is 0.901. The zero-order chi connectivity index (χ0) is 14.8. The molecule has 1 unspecified atom stereocenters. The van der Waals surface area contributed by atoms with Gasteiger partial charge in [-0.15, -0.1) is 11.8 Å². The highest BCUT2D eigenvalue weighted by Gasteiger charge is 2.31. The number of carbonyl (C=O) groups is 1. The van der Waals surface area contributed by atoms with Crippen molar-refractivity contribution in [2.75, 3.05) is 37.3 Å². The van der Waals surface area contributed by atoms with Gasteiger partial charge in [-0.1, -0.05) is 12.1 Å². The molecule has 0 spiro atoms. The van der Waals surface area contributed by atoms with E-state index in [1.807, 2.05) is 35.0 Å². The molecule has 0 saturated heterocycles. The van der Waals surface area contributed by atoms with Crippen molar-refractivity contribution in [1.29, 1.82) is 0 Å². The standard InChI is InChI=1S/C16H22N2O2S/c1-17(10-14(19)12-6-7-12)11-16(20)18-8-9-21-15-5-3-2-4-13(15)18/h2-5,12,14,19H,6-11H2,1H3. The number of aliphatic hydroxyl groups excluding tert-OH is 1. The highest BCUT2D eigenvalue weighted by molar-refractivity contribution is 7.99. The van der Waals surface area contributed by atoms with E-state index >= 15 is 0 Å². The molecule has 1 fully saturated rings. The molecule has 1 aromatic carbocycles. The molecule has 0 radical (unpaired) electrons. The summed E-state index contributed by atoms with van der Waals surface area (Å²) in [6.45, 7) is 1.71. The third-order valence-electron chi connectivity index (χ3n) is 4.10. The summed E-state index contributed by atoms with van der Waals surface area (Å²) < 4.78 is 0. The molecule has 1 heterocycles. The van der Waals surface area contributed by atoms with Crippen molar-refractivity contribution >= 4 is 23.4 Å². The number of nitrogens with zero attached hydrogens (tertiary/aromatic N) is 2. The van der Waals surface area contributed by atoms with E-state index in [0.717, 1.165) is 30.8 Å². The normalized spacial score (nSPS) is 19.5. The second-order valence-corrected chi connectivity index (χ2v) is 7.10. The molecule has 1 N–H and O–H groups in total. The van der Waals surface area contributed by atoms with Crippen LogP contribution in [0.25, 0.3) is 0 Å². The van der Waals surface area contributed by atoms with Gasteiger partial charge in [0.1, 0.15) is 0 Å². The second-order valence-electron chi connectivity index (χ2n) is 5.96. The lowest BCUT2D eigenvalue weighted by atomic mass is 10.2. The summed E-state index contributed by atoms with van der Waals surface area (Å²) in [5, 5.41) is 9.97. The van der Waals surface area contributed by atoms with E-state index in [2.05, 4.69) is 6.07 Å². The van der Waals surface area contributed by atoms with Crippen LogP contribution >= 0.6 is 11.8 Å². The van der Waals surface area contributed by atoms with E-state index in [9.17, 15) is 9.90 Å². The summed E-state index contributed by atoms with van der Waals surface area (Å²) in [4.78, 5) is 17.5. The van der Waals surface area contributed by atoms with E-state index in [-0.39, 0.29) is 12.0 Å². The Kier molecular flexibility index (Phi) is 4.52. The minimum atomic E-state index is -0.285. The van der Waals surface area contributed by atoms with Gasteiger partial charge in [-0.2, -0.15) is 0 Å². The number of benzene rings is 1. The molecular formula is C16H22N2O2S. The SMILES string of the molecule is CN(CC(=O)N1CCSc2ccccc21)CC(O)C1CC1. The zero-order valence-corrected chi connectivity index (χ0v) is 13.2. The molecule has 1 aromatic rings. The van der Waals surface area contributed by atoms with Gasteiger partial charge in [-0.25, -0.2) is 0 Å². The van der Waals surface area contributed by atoms with Crippen molar-refractivity contribution in [2.45, 2.75) is 23.8 Å². The summed E-state index contributed by atoms with van der Waals surface area (Å²) in [6, 6.07) is 8.07. The Balaban J connectivity index is 1.60. The molecule has 4 nitrogen and oxygen atoms in total. The van der Waals surface area contributed by atoms with Crippen molar-refractivity contribution < 1.29 is 9.90 Å². The molecule has 114 valence electrons. The Bertz CT molecular complexity index is 519. The maximum atomic E-state index is 12.5. The average molecular weight is 306 g/mol. The van der Waals surface area contributed by atoms with Crippen LogP contribution in [0.15, 0.2) is 29.2 Å². The fourth-order valence-electron chi connectivity index (χ4n) is 2.76. The minimum Gasteiger partial charge on any atom is -0.392 e. The molecule has 1 saturated carbocycles. The van der Waals surface area contributed by atoms with Gasteiger partial charge in [0.15, 0.2) is 0 Å². The summed E-state index contributed by atoms with van der Waals surface area (Å²) in [6.07, 6.45) is 1.96. The van der Waals surface area contributed by atoms with Crippen LogP contribution in [0.5, 0.6) is 0 Å². The lowest BCUT2D eigenvalue weighted by Gasteiger charge is -2.30. The fraction of sp³-hybridized carbons (Fsp3) is 0.562. The maximum absolute atomic E-state index is 12.5. The first-order chi connectivity index (χ1) is 10.1. The van der Waals surface area contributed by atoms with E-state index < -0.39 is 0 Å². The maximum Gasteiger partial charge on any atom is 0.241 e. The lowest BCUT2D eigenvalue weighted by Crippen LogP contribution is -2.43. The molecular weight excluding hydrogens is 284 g/mol. The number of amides is 1. The molecule has 2 aliphatic rings. The highest BCUT2D eigenvalue weighted by Crippen LogP contribution is 2.34. The van der Waals surface area contributed by atoms with Crippen LogP contribution in [0.3, 0.4) is 0 Å². The van der Waals surface area contributed by atoms with Gasteiger partial charge < -0.3 is 10.0 Å². The Morgan fingerprint density at radius 1 is 1.48 bits per heavy atom.